The number of benzene rings is 2. The number of esters is 1. The minimum Gasteiger partial charge on any atom is -0.509 e. The number of aromatic hydroxyl groups is 1. The minimum absolute atomic E-state index is 0.0890. The van der Waals surface area contributed by atoms with Gasteiger partial charge < -0.3 is 23.0 Å². The number of phenolic OH excluding ortho intramolecular Hbond substituents is 1. The highest BCUT2D eigenvalue weighted by Gasteiger charge is 2.16. The van der Waals surface area contributed by atoms with Crippen molar-refractivity contribution in [3.8, 4) is 11.5 Å². The standard InChI is InChI=1S/C22H29N2O6S2/c1-3-4-5-6-7-10-13-29-22(26)18-11-8-9-12-19(18)30-32(28)24-17-14-16(2)21(25)20(15-17)31(23)27/h8-9,11-12,14-15,23-25H,3-7,10,13H2,1-2H3/q-1. The Morgan fingerprint density at radius 3 is 2.56 bits per heavy atom. The van der Waals surface area contributed by atoms with Gasteiger partial charge in [0.1, 0.15) is 11.3 Å². The van der Waals surface area contributed by atoms with Crippen molar-refractivity contribution < 1.29 is 27.2 Å². The predicted molar refractivity (Wildman–Crippen MR) is 124 cm³/mol. The number of aryl methyl sites for hydroxylation is 1. The lowest BCUT2D eigenvalue weighted by molar-refractivity contribution is 0.0496. The summed E-state index contributed by atoms with van der Waals surface area (Å²) in [6.45, 7) is 4.03. The monoisotopic (exact) mass is 481 g/mol. The second-order valence-corrected chi connectivity index (χ2v) is 9.05. The number of ether oxygens (including phenoxy) is 1. The van der Waals surface area contributed by atoms with Crippen LogP contribution < -0.4 is 8.91 Å². The van der Waals surface area contributed by atoms with Crippen molar-refractivity contribution in [2.75, 3.05) is 11.3 Å². The number of phenols is 1. The lowest BCUT2D eigenvalue weighted by atomic mass is 10.1. The van der Waals surface area contributed by atoms with E-state index in [4.69, 9.17) is 13.7 Å². The highest BCUT2D eigenvalue weighted by atomic mass is 32.2. The van der Waals surface area contributed by atoms with Gasteiger partial charge in [-0.25, -0.2) is 4.79 Å². The molecule has 0 bridgehead atoms. The van der Waals surface area contributed by atoms with Gasteiger partial charge in [0.05, 0.1) is 6.61 Å². The molecule has 0 amide bonds. The highest BCUT2D eigenvalue weighted by molar-refractivity contribution is 7.82. The number of carbonyl (C=O) groups is 1. The van der Waals surface area contributed by atoms with Crippen LogP contribution >= 0.6 is 0 Å². The quantitative estimate of drug-likeness (QED) is 0.153. The fraction of sp³-hybridized carbons (Fsp3) is 0.409. The number of hydrogen-bond acceptors (Lipinski definition) is 8. The van der Waals surface area contributed by atoms with Crippen molar-refractivity contribution in [1.29, 1.82) is 4.78 Å². The summed E-state index contributed by atoms with van der Waals surface area (Å²) in [6.07, 6.45) is 6.46. The first kappa shape index (κ1) is 25.7. The summed E-state index contributed by atoms with van der Waals surface area (Å²) in [5, 5.41) is 9.90. The Balaban J connectivity index is 1.98. The van der Waals surface area contributed by atoms with Crippen LogP contribution in [-0.2, 0) is 30.8 Å². The van der Waals surface area contributed by atoms with Gasteiger partial charge in [0.15, 0.2) is 5.75 Å². The van der Waals surface area contributed by atoms with Crippen molar-refractivity contribution in [1.82, 2.24) is 0 Å². The molecule has 2 aromatic carbocycles. The lowest BCUT2D eigenvalue weighted by Gasteiger charge is -2.14. The fourth-order valence-corrected chi connectivity index (χ4v) is 4.21. The lowest BCUT2D eigenvalue weighted by Crippen LogP contribution is -2.14. The van der Waals surface area contributed by atoms with Crippen LogP contribution in [0.4, 0.5) is 5.69 Å². The molecule has 0 fully saturated rings. The Labute approximate surface area is 193 Å². The van der Waals surface area contributed by atoms with Crippen LogP contribution in [0, 0.1) is 11.7 Å². The molecular formula is C22H29N2O6S2-. The highest BCUT2D eigenvalue weighted by Crippen LogP contribution is 2.28. The third kappa shape index (κ3) is 7.83. The molecule has 2 aromatic rings. The van der Waals surface area contributed by atoms with Gasteiger partial charge >= 0.3 is 17.2 Å². The van der Waals surface area contributed by atoms with E-state index in [0.717, 1.165) is 19.3 Å². The molecule has 10 heteroatoms. The van der Waals surface area contributed by atoms with Crippen LogP contribution in [0.1, 0.15) is 61.4 Å². The van der Waals surface area contributed by atoms with Gasteiger partial charge in [-0.2, -0.15) is 14.8 Å². The SMILES string of the molecule is CCCCCCCCOC(=O)c1ccccc1OS(=O)Nc1cc(C)c(O)c([S-](=N)=O)c1. The largest absolute Gasteiger partial charge is 0.509 e. The van der Waals surface area contributed by atoms with E-state index in [2.05, 4.69) is 11.6 Å². The van der Waals surface area contributed by atoms with Crippen molar-refractivity contribution in [2.24, 2.45) is 0 Å². The Morgan fingerprint density at radius 2 is 1.84 bits per heavy atom. The second-order valence-electron chi connectivity index (χ2n) is 7.23. The summed E-state index contributed by atoms with van der Waals surface area (Å²) < 4.78 is 44.5. The molecular weight excluding hydrogens is 452 g/mol. The van der Waals surface area contributed by atoms with E-state index in [1.54, 1.807) is 19.1 Å². The number of nitrogens with one attached hydrogen (secondary N) is 2. The Bertz CT molecular complexity index is 1020. The van der Waals surface area contributed by atoms with E-state index < -0.39 is 27.8 Å². The topological polar surface area (TPSA) is 126 Å². The number of rotatable bonds is 13. The molecule has 8 nitrogen and oxygen atoms in total. The molecule has 1 unspecified atom stereocenters. The predicted octanol–water partition coefficient (Wildman–Crippen LogP) is 5.37. The zero-order chi connectivity index (χ0) is 23.5. The molecule has 1 atom stereocenters. The van der Waals surface area contributed by atoms with Crippen molar-refractivity contribution in [2.45, 2.75) is 57.3 Å². The molecule has 0 spiro atoms. The molecule has 0 saturated carbocycles. The van der Waals surface area contributed by atoms with Crippen LogP contribution in [0.3, 0.4) is 0 Å². The van der Waals surface area contributed by atoms with Gasteiger partial charge in [-0.1, -0.05) is 56.1 Å². The summed E-state index contributed by atoms with van der Waals surface area (Å²) in [7, 11) is -2.17. The Hall–Kier alpha value is -2.59. The van der Waals surface area contributed by atoms with Crippen LogP contribution in [0.15, 0.2) is 41.3 Å². The summed E-state index contributed by atoms with van der Waals surface area (Å²) in [5.74, 6) is -0.723. The second kappa shape index (κ2) is 13.1. The molecule has 0 heterocycles. The summed E-state index contributed by atoms with van der Waals surface area (Å²) in [6, 6.07) is 9.07. The fourth-order valence-electron chi connectivity index (χ4n) is 2.98. The number of carbonyl (C=O) groups excluding carboxylic acids is 1. The van der Waals surface area contributed by atoms with Gasteiger partial charge in [0.2, 0.25) is 0 Å². The van der Waals surface area contributed by atoms with E-state index in [1.807, 2.05) is 0 Å². The van der Waals surface area contributed by atoms with E-state index in [-0.39, 0.29) is 27.6 Å². The zero-order valence-corrected chi connectivity index (χ0v) is 19.9. The molecule has 32 heavy (non-hydrogen) atoms. The maximum Gasteiger partial charge on any atom is 0.341 e. The first-order chi connectivity index (χ1) is 15.3. The van der Waals surface area contributed by atoms with E-state index in [9.17, 15) is 18.3 Å². The van der Waals surface area contributed by atoms with Crippen LogP contribution in [0.5, 0.6) is 11.5 Å². The van der Waals surface area contributed by atoms with E-state index in [0.29, 0.717) is 12.2 Å². The number of unbranched alkanes of at least 4 members (excludes halogenated alkanes) is 5. The zero-order valence-electron chi connectivity index (χ0n) is 18.2. The number of anilines is 1. The maximum absolute atomic E-state index is 12.5. The average molecular weight is 482 g/mol. The van der Waals surface area contributed by atoms with Crippen molar-refractivity contribution >= 4 is 33.5 Å². The third-order valence-corrected chi connectivity index (χ3v) is 6.11. The summed E-state index contributed by atoms with van der Waals surface area (Å²) in [4.78, 5) is 12.3. The van der Waals surface area contributed by atoms with Gasteiger partial charge in [-0.15, -0.1) is 0 Å². The first-order valence-electron chi connectivity index (χ1n) is 10.4. The summed E-state index contributed by atoms with van der Waals surface area (Å²) >= 11 is -2.10. The Kier molecular flexibility index (Phi) is 10.5. The van der Waals surface area contributed by atoms with Crippen LogP contribution in [0.25, 0.3) is 0 Å². The third-order valence-electron chi connectivity index (χ3n) is 4.67. The first-order valence-corrected chi connectivity index (χ1v) is 12.7. The molecule has 0 saturated heterocycles. The maximum atomic E-state index is 12.5. The van der Waals surface area contributed by atoms with E-state index in [1.165, 1.54) is 43.5 Å². The van der Waals surface area contributed by atoms with Crippen LogP contribution in [-0.4, -0.2) is 21.9 Å². The number of hydrogen-bond donors (Lipinski definition) is 3. The molecule has 0 aliphatic heterocycles. The Morgan fingerprint density at radius 1 is 1.16 bits per heavy atom. The molecule has 3 N–H and O–H groups in total. The summed E-state index contributed by atoms with van der Waals surface area (Å²) in [5.41, 5.74) is 0.766. The molecule has 176 valence electrons. The van der Waals surface area contributed by atoms with Gasteiger partial charge in [-0.3, -0.25) is 4.72 Å². The normalized spacial score (nSPS) is 11.8. The minimum atomic E-state index is -2.17. The average Bonchev–Trinajstić information content (AvgIpc) is 2.75. The molecule has 0 radical (unpaired) electrons. The van der Waals surface area contributed by atoms with Crippen molar-refractivity contribution in [3.63, 3.8) is 0 Å². The molecule has 2 rings (SSSR count). The van der Waals surface area contributed by atoms with Gasteiger partial charge in [0.25, 0.3) is 0 Å². The number of para-hydroxylation sites is 1. The molecule has 0 aliphatic carbocycles. The molecule has 0 aliphatic rings. The smallest absolute Gasteiger partial charge is 0.341 e. The van der Waals surface area contributed by atoms with Crippen molar-refractivity contribution in [3.05, 3.63) is 47.5 Å². The van der Waals surface area contributed by atoms with Crippen LogP contribution in [0.2, 0.25) is 0 Å². The van der Waals surface area contributed by atoms with E-state index >= 15 is 0 Å². The van der Waals surface area contributed by atoms with Gasteiger partial charge in [-0.05, 0) is 43.2 Å². The molecule has 0 aromatic heterocycles. The van der Waals surface area contributed by atoms with Gasteiger partial charge in [0, 0.05) is 5.69 Å².